The molecular formula is C14H28B2O4. The van der Waals surface area contributed by atoms with Gasteiger partial charge in [-0.25, -0.2) is 0 Å². The highest BCUT2D eigenvalue weighted by atomic mass is 16.7. The highest BCUT2D eigenvalue weighted by Gasteiger charge is 2.58. The highest BCUT2D eigenvalue weighted by molar-refractivity contribution is 6.95. The van der Waals surface area contributed by atoms with E-state index in [2.05, 4.69) is 0 Å². The SMILES string of the molecule is [B]B1OC(C)(C)C(C)(C(C)C(C)C(C)(O)C(C)(C)O)O1. The molecule has 6 heteroatoms. The molecular weight excluding hydrogens is 254 g/mol. The van der Waals surface area contributed by atoms with E-state index in [1.54, 1.807) is 20.8 Å². The largest absolute Gasteiger partial charge is 0.411 e. The summed E-state index contributed by atoms with van der Waals surface area (Å²) in [6.45, 7) is 14.6. The summed E-state index contributed by atoms with van der Waals surface area (Å²) in [5.41, 5.74) is -3.71. The molecule has 0 saturated carbocycles. The van der Waals surface area contributed by atoms with Crippen molar-refractivity contribution in [2.24, 2.45) is 11.8 Å². The summed E-state index contributed by atoms with van der Waals surface area (Å²) in [5, 5.41) is 20.9. The number of aliphatic hydroxyl groups is 2. The van der Waals surface area contributed by atoms with Crippen LogP contribution in [0.15, 0.2) is 0 Å². The van der Waals surface area contributed by atoms with E-state index in [-0.39, 0.29) is 11.8 Å². The Morgan fingerprint density at radius 3 is 1.80 bits per heavy atom. The quantitative estimate of drug-likeness (QED) is 0.767. The molecule has 20 heavy (non-hydrogen) atoms. The summed E-state index contributed by atoms with van der Waals surface area (Å²) in [7, 11) is 5.00. The van der Waals surface area contributed by atoms with E-state index in [4.69, 9.17) is 17.0 Å². The number of hydrogen-bond acceptors (Lipinski definition) is 4. The van der Waals surface area contributed by atoms with Gasteiger partial charge in [0.25, 0.3) is 0 Å². The van der Waals surface area contributed by atoms with Crippen LogP contribution in [0.3, 0.4) is 0 Å². The van der Waals surface area contributed by atoms with Gasteiger partial charge in [0.2, 0.25) is 0 Å². The van der Waals surface area contributed by atoms with Gasteiger partial charge in [-0.2, -0.15) is 0 Å². The molecule has 2 N–H and O–H groups in total. The Kier molecular flexibility index (Phi) is 4.51. The van der Waals surface area contributed by atoms with Crippen molar-refractivity contribution in [3.8, 4) is 0 Å². The monoisotopic (exact) mass is 282 g/mol. The minimum Gasteiger partial charge on any atom is -0.411 e. The minimum absolute atomic E-state index is 0.0764. The molecule has 1 heterocycles. The molecule has 0 aromatic rings. The third-order valence-corrected chi connectivity index (χ3v) is 5.71. The van der Waals surface area contributed by atoms with E-state index in [9.17, 15) is 10.2 Å². The predicted molar refractivity (Wildman–Crippen MR) is 81.4 cm³/mol. The lowest BCUT2D eigenvalue weighted by Gasteiger charge is -2.50. The van der Waals surface area contributed by atoms with Crippen LogP contribution < -0.4 is 0 Å². The first-order valence-corrected chi connectivity index (χ1v) is 7.23. The average Bonchev–Trinajstić information content (AvgIpc) is 2.44. The lowest BCUT2D eigenvalue weighted by Crippen LogP contribution is -2.60. The van der Waals surface area contributed by atoms with Crippen molar-refractivity contribution < 1.29 is 19.5 Å². The van der Waals surface area contributed by atoms with Crippen LogP contribution in [0.1, 0.15) is 55.4 Å². The van der Waals surface area contributed by atoms with Gasteiger partial charge in [-0.05, 0) is 53.4 Å². The Morgan fingerprint density at radius 1 is 1.05 bits per heavy atom. The Bertz CT molecular complexity index is 365. The second-order valence-corrected chi connectivity index (χ2v) is 7.51. The standard InChI is InChI=1S/C14H28B2O4/c1-9(13(7,18)11(3,4)17)10(2)14(8)12(5,6)19-16(15)20-14/h9-10,17-18H,1-8H3. The zero-order valence-corrected chi connectivity index (χ0v) is 14.0. The molecule has 1 saturated heterocycles. The zero-order chi connectivity index (χ0) is 16.1. The van der Waals surface area contributed by atoms with Gasteiger partial charge in [-0.3, -0.25) is 0 Å². The van der Waals surface area contributed by atoms with E-state index in [0.717, 1.165) is 0 Å². The van der Waals surface area contributed by atoms with E-state index in [1.807, 2.05) is 34.6 Å². The molecule has 0 aromatic carbocycles. The first kappa shape index (κ1) is 18.0. The van der Waals surface area contributed by atoms with Crippen molar-refractivity contribution in [3.05, 3.63) is 0 Å². The third kappa shape index (κ3) is 2.68. The van der Waals surface area contributed by atoms with Gasteiger partial charge in [0.15, 0.2) is 0 Å². The zero-order valence-electron chi connectivity index (χ0n) is 14.0. The van der Waals surface area contributed by atoms with E-state index >= 15 is 0 Å². The smallest absolute Gasteiger partial charge is 0.388 e. The van der Waals surface area contributed by atoms with Crippen LogP contribution in [0.2, 0.25) is 0 Å². The Balaban J connectivity index is 3.09. The second-order valence-electron chi connectivity index (χ2n) is 7.51. The summed E-state index contributed by atoms with van der Waals surface area (Å²) in [4.78, 5) is 0. The van der Waals surface area contributed by atoms with Crippen LogP contribution in [0, 0.1) is 11.8 Å². The predicted octanol–water partition coefficient (Wildman–Crippen LogP) is 1.52. The summed E-state index contributed by atoms with van der Waals surface area (Å²) in [6, 6.07) is 0. The van der Waals surface area contributed by atoms with Crippen molar-refractivity contribution in [2.75, 3.05) is 0 Å². The molecule has 4 atom stereocenters. The van der Waals surface area contributed by atoms with Crippen molar-refractivity contribution in [1.29, 1.82) is 0 Å². The summed E-state index contributed by atoms with van der Waals surface area (Å²) in [5.74, 6) is -0.298. The maximum Gasteiger partial charge on any atom is 0.388 e. The van der Waals surface area contributed by atoms with E-state index in [1.165, 1.54) is 0 Å². The Hall–Kier alpha value is -0.0301. The van der Waals surface area contributed by atoms with Crippen molar-refractivity contribution in [3.63, 3.8) is 0 Å². The molecule has 0 amide bonds. The summed E-state index contributed by atoms with van der Waals surface area (Å²) in [6.07, 6.45) is 0. The van der Waals surface area contributed by atoms with Gasteiger partial charge in [-0.15, -0.1) is 0 Å². The molecule has 0 bridgehead atoms. The first-order valence-electron chi connectivity index (χ1n) is 7.23. The molecule has 0 aromatic heterocycles. The topological polar surface area (TPSA) is 58.9 Å². The van der Waals surface area contributed by atoms with Crippen molar-refractivity contribution in [1.82, 2.24) is 0 Å². The lowest BCUT2D eigenvalue weighted by molar-refractivity contribution is -0.180. The van der Waals surface area contributed by atoms with Crippen LogP contribution in [0.5, 0.6) is 0 Å². The second kappa shape index (κ2) is 5.01. The van der Waals surface area contributed by atoms with Gasteiger partial charge >= 0.3 is 7.01 Å². The Morgan fingerprint density at radius 2 is 1.50 bits per heavy atom. The van der Waals surface area contributed by atoms with Crippen molar-refractivity contribution in [2.45, 2.75) is 77.8 Å². The molecule has 1 fully saturated rings. The number of hydrogen-bond donors (Lipinski definition) is 2. The van der Waals surface area contributed by atoms with Gasteiger partial charge in [-0.1, -0.05) is 13.8 Å². The van der Waals surface area contributed by atoms with E-state index in [0.29, 0.717) is 0 Å². The fraction of sp³-hybridized carbons (Fsp3) is 1.00. The molecule has 2 radical (unpaired) electrons. The molecule has 4 unspecified atom stereocenters. The van der Waals surface area contributed by atoms with Gasteiger partial charge in [0.05, 0.1) is 22.4 Å². The van der Waals surface area contributed by atoms with Crippen LogP contribution in [0.25, 0.3) is 0 Å². The molecule has 0 aliphatic carbocycles. The van der Waals surface area contributed by atoms with Gasteiger partial charge in [0, 0.05) is 0 Å². The minimum atomic E-state index is -1.26. The van der Waals surface area contributed by atoms with Crippen LogP contribution in [0.4, 0.5) is 0 Å². The Labute approximate surface area is 124 Å². The van der Waals surface area contributed by atoms with E-state index < -0.39 is 29.4 Å². The highest BCUT2D eigenvalue weighted by Crippen LogP contribution is 2.47. The number of rotatable bonds is 4. The third-order valence-electron chi connectivity index (χ3n) is 5.71. The maximum absolute atomic E-state index is 10.7. The molecule has 1 rings (SSSR count). The summed E-state index contributed by atoms with van der Waals surface area (Å²) < 4.78 is 11.5. The summed E-state index contributed by atoms with van der Waals surface area (Å²) >= 11 is 0. The van der Waals surface area contributed by atoms with Gasteiger partial charge in [0.1, 0.15) is 7.74 Å². The lowest BCUT2D eigenvalue weighted by atomic mass is 9.62. The first-order chi connectivity index (χ1) is 8.67. The molecule has 4 nitrogen and oxygen atoms in total. The normalized spacial score (nSPS) is 32.8. The fourth-order valence-electron chi connectivity index (χ4n) is 2.99. The fourth-order valence-corrected chi connectivity index (χ4v) is 2.99. The molecule has 1 aliphatic rings. The molecule has 114 valence electrons. The molecule has 1 aliphatic heterocycles. The van der Waals surface area contributed by atoms with Crippen LogP contribution in [-0.2, 0) is 9.31 Å². The van der Waals surface area contributed by atoms with Crippen molar-refractivity contribution >= 4 is 14.7 Å². The maximum atomic E-state index is 10.7. The molecule has 0 spiro atoms. The van der Waals surface area contributed by atoms with Gasteiger partial charge < -0.3 is 19.5 Å². The van der Waals surface area contributed by atoms with Crippen LogP contribution in [-0.4, -0.2) is 47.4 Å². The average molecular weight is 282 g/mol. The van der Waals surface area contributed by atoms with Crippen LogP contribution >= 0.6 is 0 Å².